The van der Waals surface area contributed by atoms with Crippen molar-refractivity contribution < 1.29 is 9.47 Å². The van der Waals surface area contributed by atoms with Crippen molar-refractivity contribution in [1.82, 2.24) is 0 Å². The van der Waals surface area contributed by atoms with E-state index in [0.717, 1.165) is 17.7 Å². The van der Waals surface area contributed by atoms with E-state index in [1.807, 2.05) is 12.1 Å². The monoisotopic (exact) mass is 382 g/mol. The number of benzene rings is 1. The van der Waals surface area contributed by atoms with Gasteiger partial charge in [0, 0.05) is 4.47 Å². The van der Waals surface area contributed by atoms with E-state index >= 15 is 0 Å². The van der Waals surface area contributed by atoms with Gasteiger partial charge in [0.15, 0.2) is 0 Å². The number of rotatable bonds is 3. The highest BCUT2D eigenvalue weighted by atomic mass is 127. The predicted molar refractivity (Wildman–Crippen MR) is 71.3 cm³/mol. The summed E-state index contributed by atoms with van der Waals surface area (Å²) in [7, 11) is 0. The summed E-state index contributed by atoms with van der Waals surface area (Å²) >= 11 is 5.83. The number of halogens is 2. The first kappa shape index (κ1) is 11.8. The first-order valence-corrected chi connectivity index (χ1v) is 6.87. The van der Waals surface area contributed by atoms with Gasteiger partial charge in [-0.1, -0.05) is 50.7 Å². The molecule has 1 saturated heterocycles. The number of alkyl halides is 1. The first-order valence-electron chi connectivity index (χ1n) is 4.83. The molecular weight excluding hydrogens is 371 g/mol. The summed E-state index contributed by atoms with van der Waals surface area (Å²) in [6, 6.07) is 8.19. The van der Waals surface area contributed by atoms with E-state index in [9.17, 15) is 0 Å². The third-order valence-corrected chi connectivity index (χ3v) is 3.97. The van der Waals surface area contributed by atoms with Crippen LogP contribution in [0.15, 0.2) is 28.7 Å². The van der Waals surface area contributed by atoms with Crippen LogP contribution in [0.25, 0.3) is 0 Å². The second kappa shape index (κ2) is 5.61. The zero-order valence-electron chi connectivity index (χ0n) is 8.16. The van der Waals surface area contributed by atoms with Gasteiger partial charge in [-0.05, 0) is 17.7 Å². The molecule has 0 N–H and O–H groups in total. The van der Waals surface area contributed by atoms with Gasteiger partial charge in [-0.15, -0.1) is 0 Å². The standard InChI is InChI=1S/C11H12BrIO2/c12-9-3-1-2-8(4-9)5-15-11-7-14-6-10(11)13/h1-4,10-11H,5-7H2. The second-order valence-electron chi connectivity index (χ2n) is 3.53. The quantitative estimate of drug-likeness (QED) is 0.590. The molecule has 1 aromatic carbocycles. The molecule has 15 heavy (non-hydrogen) atoms. The van der Waals surface area contributed by atoms with Crippen LogP contribution in [0.4, 0.5) is 0 Å². The molecule has 82 valence electrons. The van der Waals surface area contributed by atoms with Crippen LogP contribution < -0.4 is 0 Å². The minimum atomic E-state index is 0.240. The summed E-state index contributed by atoms with van der Waals surface area (Å²) in [5.74, 6) is 0. The average molecular weight is 383 g/mol. The Bertz CT molecular complexity index is 332. The Balaban J connectivity index is 1.87. The van der Waals surface area contributed by atoms with Gasteiger partial charge in [0.2, 0.25) is 0 Å². The molecule has 0 aliphatic carbocycles. The van der Waals surface area contributed by atoms with E-state index in [4.69, 9.17) is 9.47 Å². The molecule has 1 aromatic rings. The Morgan fingerprint density at radius 1 is 1.47 bits per heavy atom. The van der Waals surface area contributed by atoms with Gasteiger partial charge in [-0.3, -0.25) is 0 Å². The van der Waals surface area contributed by atoms with Crippen LogP contribution in [-0.4, -0.2) is 23.2 Å². The molecule has 0 aromatic heterocycles. The Hall–Kier alpha value is 0.350. The third-order valence-electron chi connectivity index (χ3n) is 2.32. The SMILES string of the molecule is Brc1cccc(COC2COCC2I)c1. The van der Waals surface area contributed by atoms with Crippen molar-refractivity contribution in [3.8, 4) is 0 Å². The van der Waals surface area contributed by atoms with Gasteiger partial charge in [0.05, 0.1) is 29.8 Å². The predicted octanol–water partition coefficient (Wildman–Crippen LogP) is 3.17. The largest absolute Gasteiger partial charge is 0.378 e. The van der Waals surface area contributed by atoms with Crippen molar-refractivity contribution in [3.05, 3.63) is 34.3 Å². The Morgan fingerprint density at radius 2 is 2.33 bits per heavy atom. The first-order chi connectivity index (χ1) is 7.25. The molecule has 0 radical (unpaired) electrons. The normalized spacial score (nSPS) is 25.7. The lowest BCUT2D eigenvalue weighted by Crippen LogP contribution is -2.21. The molecule has 1 aliphatic rings. The van der Waals surface area contributed by atoms with E-state index in [2.05, 4.69) is 50.7 Å². The van der Waals surface area contributed by atoms with Crippen LogP contribution >= 0.6 is 38.5 Å². The van der Waals surface area contributed by atoms with Crippen molar-refractivity contribution in [3.63, 3.8) is 0 Å². The lowest BCUT2D eigenvalue weighted by molar-refractivity contribution is 0.0346. The molecule has 0 amide bonds. The van der Waals surface area contributed by atoms with E-state index in [1.165, 1.54) is 5.56 Å². The summed E-state index contributed by atoms with van der Waals surface area (Å²) < 4.78 is 12.7. The maximum Gasteiger partial charge on any atom is 0.0952 e. The van der Waals surface area contributed by atoms with Gasteiger partial charge < -0.3 is 9.47 Å². The maximum atomic E-state index is 5.80. The molecule has 1 fully saturated rings. The molecule has 0 bridgehead atoms. The lowest BCUT2D eigenvalue weighted by atomic mass is 10.2. The Labute approximate surface area is 112 Å². The molecule has 2 rings (SSSR count). The van der Waals surface area contributed by atoms with Gasteiger partial charge in [-0.25, -0.2) is 0 Å². The molecule has 1 aliphatic heterocycles. The van der Waals surface area contributed by atoms with E-state index in [0.29, 0.717) is 10.5 Å². The molecule has 4 heteroatoms. The Kier molecular flexibility index (Phi) is 4.42. The summed E-state index contributed by atoms with van der Waals surface area (Å²) in [4.78, 5) is 0. The maximum absolute atomic E-state index is 5.80. The third kappa shape index (κ3) is 3.41. The van der Waals surface area contributed by atoms with Gasteiger partial charge in [-0.2, -0.15) is 0 Å². The molecule has 0 spiro atoms. The number of hydrogen-bond acceptors (Lipinski definition) is 2. The van der Waals surface area contributed by atoms with E-state index < -0.39 is 0 Å². The van der Waals surface area contributed by atoms with Crippen molar-refractivity contribution in [1.29, 1.82) is 0 Å². The van der Waals surface area contributed by atoms with Crippen molar-refractivity contribution >= 4 is 38.5 Å². The van der Waals surface area contributed by atoms with Crippen LogP contribution in [0.3, 0.4) is 0 Å². The minimum absolute atomic E-state index is 0.240. The van der Waals surface area contributed by atoms with Crippen molar-refractivity contribution in [2.75, 3.05) is 13.2 Å². The molecule has 2 atom stereocenters. The zero-order chi connectivity index (χ0) is 10.7. The minimum Gasteiger partial charge on any atom is -0.378 e. The summed E-state index contributed by atoms with van der Waals surface area (Å²) in [5, 5.41) is 0. The molecule has 1 heterocycles. The Morgan fingerprint density at radius 3 is 3.00 bits per heavy atom. The van der Waals surface area contributed by atoms with Crippen LogP contribution in [-0.2, 0) is 16.1 Å². The molecule has 2 nitrogen and oxygen atoms in total. The van der Waals surface area contributed by atoms with Gasteiger partial charge in [0.25, 0.3) is 0 Å². The summed E-state index contributed by atoms with van der Waals surface area (Å²) in [5.41, 5.74) is 1.19. The topological polar surface area (TPSA) is 18.5 Å². The van der Waals surface area contributed by atoms with Crippen LogP contribution in [0.5, 0.6) is 0 Å². The average Bonchev–Trinajstić information content (AvgIpc) is 2.61. The molecule has 2 unspecified atom stereocenters. The van der Waals surface area contributed by atoms with E-state index in [-0.39, 0.29) is 6.10 Å². The van der Waals surface area contributed by atoms with Crippen LogP contribution in [0.2, 0.25) is 0 Å². The second-order valence-corrected chi connectivity index (χ2v) is 6.05. The highest BCUT2D eigenvalue weighted by molar-refractivity contribution is 14.1. The zero-order valence-corrected chi connectivity index (χ0v) is 11.9. The highest BCUT2D eigenvalue weighted by Gasteiger charge is 2.26. The fourth-order valence-corrected chi connectivity index (χ4v) is 2.61. The summed E-state index contributed by atoms with van der Waals surface area (Å²) in [6.07, 6.45) is 0.240. The van der Waals surface area contributed by atoms with Crippen LogP contribution in [0, 0.1) is 0 Å². The number of hydrogen-bond donors (Lipinski definition) is 0. The van der Waals surface area contributed by atoms with Crippen molar-refractivity contribution in [2.24, 2.45) is 0 Å². The van der Waals surface area contributed by atoms with Gasteiger partial charge >= 0.3 is 0 Å². The summed E-state index contributed by atoms with van der Waals surface area (Å²) in [6.45, 7) is 2.19. The fraction of sp³-hybridized carbons (Fsp3) is 0.455. The smallest absolute Gasteiger partial charge is 0.0952 e. The van der Waals surface area contributed by atoms with Crippen molar-refractivity contribution in [2.45, 2.75) is 16.6 Å². The lowest BCUT2D eigenvalue weighted by Gasteiger charge is -2.13. The van der Waals surface area contributed by atoms with E-state index in [1.54, 1.807) is 0 Å². The molecular formula is C11H12BrIO2. The number of ether oxygens (including phenoxy) is 2. The van der Waals surface area contributed by atoms with Gasteiger partial charge in [0.1, 0.15) is 0 Å². The fourth-order valence-electron chi connectivity index (χ4n) is 1.49. The highest BCUT2D eigenvalue weighted by Crippen LogP contribution is 2.20. The van der Waals surface area contributed by atoms with Crippen LogP contribution in [0.1, 0.15) is 5.56 Å². The molecule has 0 saturated carbocycles.